The molecule has 1 saturated heterocycles. The first-order valence-corrected chi connectivity index (χ1v) is 7.92. The van der Waals surface area contributed by atoms with E-state index < -0.39 is 0 Å². The number of nitrogens with one attached hydrogen (secondary N) is 1. The van der Waals surface area contributed by atoms with Gasteiger partial charge in [-0.05, 0) is 37.1 Å². The van der Waals surface area contributed by atoms with Crippen molar-refractivity contribution in [2.45, 2.75) is 13.8 Å². The molecule has 3 rings (SSSR count). The molecule has 0 atom stereocenters. The Balaban J connectivity index is 1.86. The van der Waals surface area contributed by atoms with Crippen molar-refractivity contribution in [1.82, 2.24) is 5.32 Å². The van der Waals surface area contributed by atoms with Crippen LogP contribution < -0.4 is 5.32 Å². The standard InChI is InChI=1S/C21H21NO/c1-15-3-7-17(8-4-15)11-19-13-22-14-20(21(19)23)12-18-9-5-16(2)6-10-18/h3-12,22H,13-14H2,1-2H3/b19-11-,20-12-. The summed E-state index contributed by atoms with van der Waals surface area (Å²) in [6.45, 7) is 5.37. The quantitative estimate of drug-likeness (QED) is 0.851. The molecule has 1 aliphatic heterocycles. The molecular weight excluding hydrogens is 282 g/mol. The SMILES string of the molecule is Cc1ccc(/C=C2/CNC/C(=C/c3ccc(C)cc3)C2=O)cc1. The Morgan fingerprint density at radius 2 is 1.13 bits per heavy atom. The highest BCUT2D eigenvalue weighted by molar-refractivity contribution is 6.14. The Morgan fingerprint density at radius 1 is 0.739 bits per heavy atom. The van der Waals surface area contributed by atoms with E-state index in [4.69, 9.17) is 0 Å². The van der Waals surface area contributed by atoms with E-state index in [1.165, 1.54) is 11.1 Å². The van der Waals surface area contributed by atoms with Crippen molar-refractivity contribution < 1.29 is 4.79 Å². The van der Waals surface area contributed by atoms with Crippen molar-refractivity contribution in [1.29, 1.82) is 0 Å². The summed E-state index contributed by atoms with van der Waals surface area (Å²) in [5.74, 6) is 0.143. The number of ketones is 1. The number of rotatable bonds is 2. The van der Waals surface area contributed by atoms with E-state index in [0.29, 0.717) is 13.1 Å². The van der Waals surface area contributed by atoms with Gasteiger partial charge in [0.15, 0.2) is 5.78 Å². The molecule has 0 spiro atoms. The van der Waals surface area contributed by atoms with Crippen LogP contribution in [0.15, 0.2) is 59.7 Å². The number of benzene rings is 2. The van der Waals surface area contributed by atoms with Gasteiger partial charge in [0, 0.05) is 24.2 Å². The maximum absolute atomic E-state index is 12.7. The van der Waals surface area contributed by atoms with E-state index in [1.807, 2.05) is 36.4 Å². The fourth-order valence-electron chi connectivity index (χ4n) is 2.66. The maximum atomic E-state index is 12.7. The van der Waals surface area contributed by atoms with Crippen LogP contribution in [0.5, 0.6) is 0 Å². The van der Waals surface area contributed by atoms with Crippen LogP contribution in [0.3, 0.4) is 0 Å². The zero-order chi connectivity index (χ0) is 16.2. The minimum absolute atomic E-state index is 0.143. The maximum Gasteiger partial charge on any atom is 0.187 e. The van der Waals surface area contributed by atoms with Crippen molar-refractivity contribution in [3.8, 4) is 0 Å². The predicted molar refractivity (Wildman–Crippen MR) is 96.2 cm³/mol. The van der Waals surface area contributed by atoms with E-state index in [-0.39, 0.29) is 5.78 Å². The summed E-state index contributed by atoms with van der Waals surface area (Å²) in [4.78, 5) is 12.7. The molecular formula is C21H21NO. The molecule has 0 radical (unpaired) electrons. The van der Waals surface area contributed by atoms with Gasteiger partial charge < -0.3 is 5.32 Å². The highest BCUT2D eigenvalue weighted by atomic mass is 16.1. The molecule has 1 aliphatic rings. The summed E-state index contributed by atoms with van der Waals surface area (Å²) in [7, 11) is 0. The first-order valence-electron chi connectivity index (χ1n) is 7.92. The molecule has 2 heteroatoms. The highest BCUT2D eigenvalue weighted by Crippen LogP contribution is 2.18. The second kappa shape index (κ2) is 6.76. The van der Waals surface area contributed by atoms with Crippen molar-refractivity contribution in [2.75, 3.05) is 13.1 Å². The Hall–Kier alpha value is -2.45. The minimum Gasteiger partial charge on any atom is -0.308 e. The smallest absolute Gasteiger partial charge is 0.187 e. The van der Waals surface area contributed by atoms with Crippen molar-refractivity contribution in [3.63, 3.8) is 0 Å². The fraction of sp³-hybridized carbons (Fsp3) is 0.190. The summed E-state index contributed by atoms with van der Waals surface area (Å²) in [6, 6.07) is 16.5. The Kier molecular flexibility index (Phi) is 4.54. The van der Waals surface area contributed by atoms with Gasteiger partial charge in [-0.25, -0.2) is 0 Å². The number of Topliss-reactive ketones (excluding diaryl/α,β-unsaturated/α-hetero) is 1. The predicted octanol–water partition coefficient (Wildman–Crippen LogP) is 3.94. The zero-order valence-corrected chi connectivity index (χ0v) is 13.6. The van der Waals surface area contributed by atoms with E-state index in [0.717, 1.165) is 22.3 Å². The molecule has 1 fully saturated rings. The largest absolute Gasteiger partial charge is 0.308 e. The molecule has 0 aliphatic carbocycles. The third kappa shape index (κ3) is 3.85. The van der Waals surface area contributed by atoms with E-state index in [1.54, 1.807) is 0 Å². The lowest BCUT2D eigenvalue weighted by Gasteiger charge is -2.18. The third-order valence-corrected chi connectivity index (χ3v) is 4.05. The average molecular weight is 303 g/mol. The molecule has 0 aromatic heterocycles. The van der Waals surface area contributed by atoms with Gasteiger partial charge in [0.2, 0.25) is 0 Å². The lowest BCUT2D eigenvalue weighted by atomic mass is 9.95. The zero-order valence-electron chi connectivity index (χ0n) is 13.6. The molecule has 0 unspecified atom stereocenters. The van der Waals surface area contributed by atoms with Crippen LogP contribution >= 0.6 is 0 Å². The van der Waals surface area contributed by atoms with Gasteiger partial charge in [0.05, 0.1) is 0 Å². The first-order chi connectivity index (χ1) is 11.1. The second-order valence-corrected chi connectivity index (χ2v) is 6.09. The van der Waals surface area contributed by atoms with Crippen LogP contribution in [0.1, 0.15) is 22.3 Å². The van der Waals surface area contributed by atoms with Crippen LogP contribution in [0.4, 0.5) is 0 Å². The van der Waals surface area contributed by atoms with Gasteiger partial charge in [0.25, 0.3) is 0 Å². The summed E-state index contributed by atoms with van der Waals surface area (Å²) in [5, 5.41) is 3.32. The molecule has 23 heavy (non-hydrogen) atoms. The van der Waals surface area contributed by atoms with E-state index in [9.17, 15) is 4.79 Å². The normalized spacial score (nSPS) is 18.6. The molecule has 0 bridgehead atoms. The van der Waals surface area contributed by atoms with Crippen LogP contribution in [-0.4, -0.2) is 18.9 Å². The highest BCUT2D eigenvalue weighted by Gasteiger charge is 2.19. The van der Waals surface area contributed by atoms with Gasteiger partial charge in [-0.2, -0.15) is 0 Å². The van der Waals surface area contributed by atoms with Gasteiger partial charge >= 0.3 is 0 Å². The van der Waals surface area contributed by atoms with Crippen LogP contribution in [0.25, 0.3) is 12.2 Å². The number of carbonyl (C=O) groups excluding carboxylic acids is 1. The van der Waals surface area contributed by atoms with E-state index >= 15 is 0 Å². The first kappa shape index (κ1) is 15.4. The number of aryl methyl sites for hydroxylation is 2. The summed E-state index contributed by atoms with van der Waals surface area (Å²) in [5.41, 5.74) is 6.21. The fourth-order valence-corrected chi connectivity index (χ4v) is 2.66. The molecule has 116 valence electrons. The van der Waals surface area contributed by atoms with Gasteiger partial charge in [-0.1, -0.05) is 59.7 Å². The van der Waals surface area contributed by atoms with Gasteiger partial charge in [-0.15, -0.1) is 0 Å². The van der Waals surface area contributed by atoms with Gasteiger partial charge in [0.1, 0.15) is 0 Å². The molecule has 2 nitrogen and oxygen atoms in total. The van der Waals surface area contributed by atoms with Crippen molar-refractivity contribution in [2.24, 2.45) is 0 Å². The summed E-state index contributed by atoms with van der Waals surface area (Å²) >= 11 is 0. The average Bonchev–Trinajstić information content (AvgIpc) is 2.55. The van der Waals surface area contributed by atoms with Crippen LogP contribution in [-0.2, 0) is 4.79 Å². The second-order valence-electron chi connectivity index (χ2n) is 6.09. The summed E-state index contributed by atoms with van der Waals surface area (Å²) < 4.78 is 0. The Morgan fingerprint density at radius 3 is 1.52 bits per heavy atom. The third-order valence-electron chi connectivity index (χ3n) is 4.05. The number of piperidine rings is 1. The number of carbonyl (C=O) groups is 1. The molecule has 0 amide bonds. The molecule has 0 saturated carbocycles. The lowest BCUT2D eigenvalue weighted by Crippen LogP contribution is -2.32. The molecule has 2 aromatic carbocycles. The topological polar surface area (TPSA) is 29.1 Å². The van der Waals surface area contributed by atoms with Crippen molar-refractivity contribution in [3.05, 3.63) is 81.9 Å². The monoisotopic (exact) mass is 303 g/mol. The van der Waals surface area contributed by atoms with Crippen molar-refractivity contribution >= 4 is 17.9 Å². The Labute approximate surface area is 137 Å². The molecule has 2 aromatic rings. The molecule has 1 N–H and O–H groups in total. The Bertz CT molecular complexity index is 699. The molecule has 1 heterocycles. The lowest BCUT2D eigenvalue weighted by molar-refractivity contribution is -0.112. The number of hydrogen-bond acceptors (Lipinski definition) is 2. The van der Waals surface area contributed by atoms with E-state index in [2.05, 4.69) is 43.4 Å². The summed E-state index contributed by atoms with van der Waals surface area (Å²) in [6.07, 6.45) is 3.97. The minimum atomic E-state index is 0.143. The van der Waals surface area contributed by atoms with Gasteiger partial charge in [-0.3, -0.25) is 4.79 Å². The van der Waals surface area contributed by atoms with Crippen LogP contribution in [0, 0.1) is 13.8 Å². The number of hydrogen-bond donors (Lipinski definition) is 1. The van der Waals surface area contributed by atoms with Crippen LogP contribution in [0.2, 0.25) is 0 Å².